The van der Waals surface area contributed by atoms with E-state index in [4.69, 9.17) is 18.9 Å². The van der Waals surface area contributed by atoms with Crippen molar-refractivity contribution in [2.75, 3.05) is 79.5 Å². The van der Waals surface area contributed by atoms with Crippen LogP contribution in [0.4, 0.5) is 0 Å². The summed E-state index contributed by atoms with van der Waals surface area (Å²) in [6, 6.07) is 0. The molecule has 1 N–H and O–H groups in total. The third-order valence-corrected chi connectivity index (χ3v) is 4.48. The molecule has 166 valence electrons. The average molecular weight is 414 g/mol. The molecule has 0 bridgehead atoms. The van der Waals surface area contributed by atoms with E-state index in [1.165, 1.54) is 6.42 Å². The van der Waals surface area contributed by atoms with Crippen molar-refractivity contribution < 1.29 is 23.7 Å². The third kappa shape index (κ3) is 10.1. The summed E-state index contributed by atoms with van der Waals surface area (Å²) >= 11 is 0. The summed E-state index contributed by atoms with van der Waals surface area (Å²) in [7, 11) is 1.89. The molecular weight excluding hydrogens is 378 g/mol. The molecule has 2 rings (SSSR count). The number of piperidine rings is 1. The fraction of sp³-hybridized carbons (Fsp3) is 0.842. The number of nitrogens with zero attached hydrogens (tertiary/aromatic N) is 4. The molecule has 1 aromatic rings. The molecule has 0 saturated carbocycles. The second kappa shape index (κ2) is 15.3. The van der Waals surface area contributed by atoms with Crippen molar-refractivity contribution in [1.29, 1.82) is 0 Å². The Morgan fingerprint density at radius 1 is 0.931 bits per heavy atom. The van der Waals surface area contributed by atoms with Crippen molar-refractivity contribution in [2.45, 2.75) is 25.8 Å². The zero-order valence-electron chi connectivity index (χ0n) is 17.5. The van der Waals surface area contributed by atoms with E-state index in [9.17, 15) is 4.79 Å². The van der Waals surface area contributed by atoms with Crippen LogP contribution < -0.4 is 5.32 Å². The molecule has 0 unspecified atom stereocenters. The van der Waals surface area contributed by atoms with Gasteiger partial charge in [0.05, 0.1) is 65.6 Å². The lowest BCUT2D eigenvalue weighted by atomic mass is 10.1. The van der Waals surface area contributed by atoms with Crippen molar-refractivity contribution in [3.8, 4) is 0 Å². The fourth-order valence-electron chi connectivity index (χ4n) is 2.86. The van der Waals surface area contributed by atoms with E-state index >= 15 is 0 Å². The van der Waals surface area contributed by atoms with Gasteiger partial charge in [0.25, 0.3) is 5.91 Å². The van der Waals surface area contributed by atoms with Crippen LogP contribution in [0.3, 0.4) is 0 Å². The molecule has 1 amide bonds. The maximum atomic E-state index is 12.4. The van der Waals surface area contributed by atoms with Crippen LogP contribution >= 0.6 is 0 Å². The van der Waals surface area contributed by atoms with Crippen LogP contribution in [-0.2, 0) is 25.5 Å². The molecule has 0 radical (unpaired) electrons. The zero-order chi connectivity index (χ0) is 20.6. The minimum atomic E-state index is -0.0305. The van der Waals surface area contributed by atoms with Gasteiger partial charge in [-0.15, -0.1) is 5.10 Å². The standard InChI is InChI=1S/C19H35N5O5/c1-20-5-9-26-11-13-28-15-16-29-14-12-27-10-8-24-17-18(21-22-24)19(25)23-6-3-2-4-7-23/h17,20H,2-16H2,1H3. The molecule has 1 aliphatic heterocycles. The van der Waals surface area contributed by atoms with Crippen LogP contribution in [0.1, 0.15) is 29.8 Å². The summed E-state index contributed by atoms with van der Waals surface area (Å²) in [5.74, 6) is -0.0305. The molecular formula is C19H35N5O5. The van der Waals surface area contributed by atoms with Crippen LogP contribution in [0.15, 0.2) is 6.20 Å². The number of likely N-dealkylation sites (N-methyl/N-ethyl adjacent to an activating group) is 1. The summed E-state index contributed by atoms with van der Waals surface area (Å²) in [6.45, 7) is 7.46. The van der Waals surface area contributed by atoms with Gasteiger partial charge in [0.2, 0.25) is 0 Å². The van der Waals surface area contributed by atoms with E-state index < -0.39 is 0 Å². The Morgan fingerprint density at radius 2 is 1.52 bits per heavy atom. The monoisotopic (exact) mass is 413 g/mol. The molecule has 29 heavy (non-hydrogen) atoms. The lowest BCUT2D eigenvalue weighted by molar-refractivity contribution is -0.00234. The van der Waals surface area contributed by atoms with E-state index in [0.717, 1.165) is 32.5 Å². The molecule has 0 spiro atoms. The van der Waals surface area contributed by atoms with Crippen molar-refractivity contribution in [2.24, 2.45) is 0 Å². The van der Waals surface area contributed by atoms with Crippen LogP contribution in [0.25, 0.3) is 0 Å². The third-order valence-electron chi connectivity index (χ3n) is 4.48. The number of carbonyl (C=O) groups is 1. The van der Waals surface area contributed by atoms with Gasteiger partial charge in [-0.3, -0.25) is 4.79 Å². The maximum absolute atomic E-state index is 12.4. The summed E-state index contributed by atoms with van der Waals surface area (Å²) in [5, 5.41) is 11.0. The minimum Gasteiger partial charge on any atom is -0.378 e. The Hall–Kier alpha value is -1.59. The second-order valence-electron chi connectivity index (χ2n) is 6.77. The summed E-state index contributed by atoms with van der Waals surface area (Å²) in [4.78, 5) is 14.2. The lowest BCUT2D eigenvalue weighted by Crippen LogP contribution is -2.35. The molecule has 10 heteroatoms. The van der Waals surface area contributed by atoms with Crippen molar-refractivity contribution >= 4 is 5.91 Å². The number of rotatable bonds is 16. The first-order valence-electron chi connectivity index (χ1n) is 10.5. The summed E-state index contributed by atoms with van der Waals surface area (Å²) in [5.41, 5.74) is 0.405. The average Bonchev–Trinajstić information content (AvgIpc) is 3.23. The molecule has 1 aromatic heterocycles. The molecule has 1 aliphatic rings. The van der Waals surface area contributed by atoms with E-state index in [1.807, 2.05) is 11.9 Å². The number of hydrogen-bond acceptors (Lipinski definition) is 8. The Bertz CT molecular complexity index is 551. The number of likely N-dealkylation sites (tertiary alicyclic amines) is 1. The Labute approximate surface area is 172 Å². The quantitative estimate of drug-likeness (QED) is 0.384. The Balaban J connectivity index is 1.41. The number of carbonyl (C=O) groups excluding carboxylic acids is 1. The fourth-order valence-corrected chi connectivity index (χ4v) is 2.86. The highest BCUT2D eigenvalue weighted by Crippen LogP contribution is 2.11. The number of aromatic nitrogens is 3. The molecule has 0 atom stereocenters. The highest BCUT2D eigenvalue weighted by atomic mass is 16.6. The maximum Gasteiger partial charge on any atom is 0.276 e. The molecule has 10 nitrogen and oxygen atoms in total. The van der Waals surface area contributed by atoms with Crippen LogP contribution in [0.2, 0.25) is 0 Å². The zero-order valence-corrected chi connectivity index (χ0v) is 17.5. The van der Waals surface area contributed by atoms with E-state index in [1.54, 1.807) is 10.9 Å². The van der Waals surface area contributed by atoms with E-state index in [2.05, 4.69) is 15.6 Å². The first-order valence-corrected chi connectivity index (χ1v) is 10.5. The Morgan fingerprint density at radius 3 is 2.14 bits per heavy atom. The number of hydrogen-bond donors (Lipinski definition) is 1. The van der Waals surface area contributed by atoms with Gasteiger partial charge in [0, 0.05) is 19.6 Å². The van der Waals surface area contributed by atoms with Gasteiger partial charge < -0.3 is 29.2 Å². The lowest BCUT2D eigenvalue weighted by Gasteiger charge is -2.25. The van der Waals surface area contributed by atoms with Crippen molar-refractivity contribution in [3.05, 3.63) is 11.9 Å². The number of nitrogens with one attached hydrogen (secondary N) is 1. The highest BCUT2D eigenvalue weighted by molar-refractivity contribution is 5.91. The smallest absolute Gasteiger partial charge is 0.276 e. The second-order valence-corrected chi connectivity index (χ2v) is 6.77. The Kier molecular flexibility index (Phi) is 12.5. The predicted molar refractivity (Wildman–Crippen MR) is 107 cm³/mol. The van der Waals surface area contributed by atoms with Gasteiger partial charge in [-0.1, -0.05) is 5.21 Å². The van der Waals surface area contributed by atoms with Crippen LogP contribution in [0, 0.1) is 0 Å². The molecule has 2 heterocycles. The molecule has 0 aliphatic carbocycles. The van der Waals surface area contributed by atoms with Gasteiger partial charge in [-0.25, -0.2) is 4.68 Å². The first kappa shape index (κ1) is 23.7. The summed E-state index contributed by atoms with van der Waals surface area (Å²) in [6.07, 6.45) is 5.01. The summed E-state index contributed by atoms with van der Waals surface area (Å²) < 4.78 is 23.4. The topological polar surface area (TPSA) is 100.0 Å². The van der Waals surface area contributed by atoms with E-state index in [0.29, 0.717) is 65.1 Å². The van der Waals surface area contributed by atoms with Gasteiger partial charge in [-0.05, 0) is 26.3 Å². The van der Waals surface area contributed by atoms with Gasteiger partial charge in [-0.2, -0.15) is 0 Å². The predicted octanol–water partition coefficient (Wildman–Crippen LogP) is 0.190. The normalized spacial score (nSPS) is 14.4. The van der Waals surface area contributed by atoms with Gasteiger partial charge >= 0.3 is 0 Å². The van der Waals surface area contributed by atoms with E-state index in [-0.39, 0.29) is 5.91 Å². The number of ether oxygens (including phenoxy) is 4. The largest absolute Gasteiger partial charge is 0.378 e. The van der Waals surface area contributed by atoms with Gasteiger partial charge in [0.15, 0.2) is 5.69 Å². The minimum absolute atomic E-state index is 0.0305. The number of amides is 1. The van der Waals surface area contributed by atoms with Crippen LogP contribution in [0.5, 0.6) is 0 Å². The van der Waals surface area contributed by atoms with Crippen molar-refractivity contribution in [3.63, 3.8) is 0 Å². The first-order chi connectivity index (χ1) is 14.3. The highest BCUT2D eigenvalue weighted by Gasteiger charge is 2.20. The van der Waals surface area contributed by atoms with Crippen molar-refractivity contribution in [1.82, 2.24) is 25.2 Å². The molecule has 0 aromatic carbocycles. The van der Waals surface area contributed by atoms with Gasteiger partial charge in [0.1, 0.15) is 0 Å². The molecule has 1 saturated heterocycles. The SMILES string of the molecule is CNCCOCCOCCOCCOCCn1cc(C(=O)N2CCCCC2)nn1. The molecule has 1 fully saturated rings. The van der Waals surface area contributed by atoms with Crippen LogP contribution in [-0.4, -0.2) is 105 Å².